The minimum Gasteiger partial charge on any atom is -0.319 e. The molecule has 0 N–H and O–H groups in total. The molecular formula is C10H15OP. The van der Waals surface area contributed by atoms with Crippen molar-refractivity contribution in [3.8, 4) is 0 Å². The molecule has 0 aliphatic heterocycles. The molecule has 0 unspecified atom stereocenters. The average Bonchev–Trinajstić information content (AvgIpc) is 2.06. The molecular weight excluding hydrogens is 167 g/mol. The molecule has 0 aliphatic carbocycles. The van der Waals surface area contributed by atoms with E-state index in [2.05, 4.69) is 0 Å². The van der Waals surface area contributed by atoms with Gasteiger partial charge in [-0.25, -0.2) is 0 Å². The summed E-state index contributed by atoms with van der Waals surface area (Å²) >= 11 is 0. The Morgan fingerprint density at radius 3 is 2.08 bits per heavy atom. The van der Waals surface area contributed by atoms with Gasteiger partial charge in [0.1, 0.15) is 7.14 Å². The van der Waals surface area contributed by atoms with E-state index in [1.165, 1.54) is 0 Å². The zero-order valence-electron chi connectivity index (χ0n) is 7.82. The van der Waals surface area contributed by atoms with Crippen LogP contribution in [0.3, 0.4) is 0 Å². The van der Waals surface area contributed by atoms with Gasteiger partial charge >= 0.3 is 0 Å². The molecule has 1 rings (SSSR count). The maximum Gasteiger partial charge on any atom is 0.115 e. The maximum absolute atomic E-state index is 12.1. The van der Waals surface area contributed by atoms with Gasteiger partial charge in [0, 0.05) is 11.0 Å². The summed E-state index contributed by atoms with van der Waals surface area (Å²) in [4.78, 5) is 0. The molecule has 0 saturated heterocycles. The molecule has 0 heterocycles. The minimum atomic E-state index is -2.12. The average molecular weight is 182 g/mol. The first kappa shape index (κ1) is 9.54. The van der Waals surface area contributed by atoms with E-state index in [-0.39, 0.29) is 5.66 Å². The van der Waals surface area contributed by atoms with Crippen LogP contribution >= 0.6 is 7.14 Å². The third-order valence-corrected chi connectivity index (χ3v) is 5.55. The first-order valence-electron chi connectivity index (χ1n) is 4.18. The Labute approximate surface area is 74.2 Å². The smallest absolute Gasteiger partial charge is 0.115 e. The summed E-state index contributed by atoms with van der Waals surface area (Å²) in [5.74, 6) is 0. The van der Waals surface area contributed by atoms with E-state index >= 15 is 0 Å². The summed E-state index contributed by atoms with van der Waals surface area (Å²) < 4.78 is 12.1. The molecule has 0 saturated carbocycles. The molecule has 1 atom stereocenters. The fourth-order valence-electron chi connectivity index (χ4n) is 1.02. The second-order valence-corrected chi connectivity index (χ2v) is 6.95. The SMILES string of the molecule is CC(C)[P@](C)(=O)c1ccccc1. The van der Waals surface area contributed by atoms with Crippen LogP contribution in [-0.4, -0.2) is 12.3 Å². The van der Waals surface area contributed by atoms with Crippen LogP contribution in [0.2, 0.25) is 0 Å². The van der Waals surface area contributed by atoms with Gasteiger partial charge in [0.05, 0.1) is 0 Å². The summed E-state index contributed by atoms with van der Waals surface area (Å²) in [5.41, 5.74) is 0.236. The number of rotatable bonds is 2. The van der Waals surface area contributed by atoms with Crippen LogP contribution in [0.15, 0.2) is 30.3 Å². The topological polar surface area (TPSA) is 17.1 Å². The van der Waals surface area contributed by atoms with Crippen molar-refractivity contribution in [2.24, 2.45) is 0 Å². The normalized spacial score (nSPS) is 16.0. The number of benzene rings is 1. The van der Waals surface area contributed by atoms with E-state index in [1.54, 1.807) is 0 Å². The van der Waals surface area contributed by atoms with Gasteiger partial charge in [-0.2, -0.15) is 0 Å². The lowest BCUT2D eigenvalue weighted by Crippen LogP contribution is -2.10. The summed E-state index contributed by atoms with van der Waals surface area (Å²) in [7, 11) is -2.12. The zero-order valence-corrected chi connectivity index (χ0v) is 8.71. The lowest BCUT2D eigenvalue weighted by Gasteiger charge is -2.16. The molecule has 1 aromatic carbocycles. The summed E-state index contributed by atoms with van der Waals surface area (Å²) in [5, 5.41) is 0.986. The summed E-state index contributed by atoms with van der Waals surface area (Å²) in [6, 6.07) is 9.72. The van der Waals surface area contributed by atoms with Gasteiger partial charge in [0.2, 0.25) is 0 Å². The minimum absolute atomic E-state index is 0.236. The Morgan fingerprint density at radius 1 is 1.17 bits per heavy atom. The molecule has 0 spiro atoms. The van der Waals surface area contributed by atoms with E-state index in [1.807, 2.05) is 50.8 Å². The van der Waals surface area contributed by atoms with E-state index in [0.717, 1.165) is 5.30 Å². The fourth-order valence-corrected chi connectivity index (χ4v) is 2.38. The van der Waals surface area contributed by atoms with Gasteiger partial charge in [-0.15, -0.1) is 0 Å². The van der Waals surface area contributed by atoms with Crippen LogP contribution in [0.5, 0.6) is 0 Å². The Morgan fingerprint density at radius 2 is 1.67 bits per heavy atom. The lowest BCUT2D eigenvalue weighted by molar-refractivity contribution is 0.579. The molecule has 66 valence electrons. The van der Waals surface area contributed by atoms with Crippen molar-refractivity contribution in [2.75, 3.05) is 6.66 Å². The van der Waals surface area contributed by atoms with Gasteiger partial charge < -0.3 is 4.57 Å². The van der Waals surface area contributed by atoms with Crippen molar-refractivity contribution >= 4 is 12.4 Å². The quantitative estimate of drug-likeness (QED) is 0.643. The van der Waals surface area contributed by atoms with Crippen LogP contribution in [0, 0.1) is 0 Å². The fraction of sp³-hybridized carbons (Fsp3) is 0.400. The molecule has 1 aromatic rings. The van der Waals surface area contributed by atoms with E-state index in [9.17, 15) is 4.57 Å². The standard InChI is InChI=1S/C10H15OP/c1-9(2)12(3,11)10-7-5-4-6-8-10/h4-9H,1-3H3/t12-/m0/s1. The molecule has 0 radical (unpaired) electrons. The highest BCUT2D eigenvalue weighted by molar-refractivity contribution is 7.71. The Balaban J connectivity index is 3.07. The lowest BCUT2D eigenvalue weighted by atomic mass is 10.4. The second kappa shape index (κ2) is 3.45. The molecule has 0 aliphatic rings. The molecule has 1 nitrogen and oxygen atoms in total. The second-order valence-electron chi connectivity index (χ2n) is 3.42. The Hall–Kier alpha value is -0.550. The highest BCUT2D eigenvalue weighted by atomic mass is 31.2. The van der Waals surface area contributed by atoms with Crippen molar-refractivity contribution in [2.45, 2.75) is 19.5 Å². The van der Waals surface area contributed by atoms with Crippen LogP contribution in [-0.2, 0) is 4.57 Å². The number of hydrogen-bond donors (Lipinski definition) is 0. The van der Waals surface area contributed by atoms with Gasteiger partial charge in [-0.1, -0.05) is 44.2 Å². The van der Waals surface area contributed by atoms with Gasteiger partial charge in [-0.05, 0) is 6.66 Å². The first-order chi connectivity index (χ1) is 5.55. The molecule has 0 fully saturated rings. The van der Waals surface area contributed by atoms with Crippen LogP contribution < -0.4 is 5.30 Å². The Kier molecular flexibility index (Phi) is 2.74. The third-order valence-electron chi connectivity index (χ3n) is 2.25. The predicted octanol–water partition coefficient (Wildman–Crippen LogP) is 2.71. The van der Waals surface area contributed by atoms with Crippen molar-refractivity contribution in [3.63, 3.8) is 0 Å². The highest BCUT2D eigenvalue weighted by Gasteiger charge is 2.21. The van der Waals surface area contributed by atoms with Crippen molar-refractivity contribution < 1.29 is 4.57 Å². The van der Waals surface area contributed by atoms with E-state index in [4.69, 9.17) is 0 Å². The summed E-state index contributed by atoms with van der Waals surface area (Å²) in [6.45, 7) is 5.87. The van der Waals surface area contributed by atoms with Crippen molar-refractivity contribution in [1.82, 2.24) is 0 Å². The highest BCUT2D eigenvalue weighted by Crippen LogP contribution is 2.44. The van der Waals surface area contributed by atoms with Crippen LogP contribution in [0.25, 0.3) is 0 Å². The van der Waals surface area contributed by atoms with Crippen molar-refractivity contribution in [3.05, 3.63) is 30.3 Å². The molecule has 0 aromatic heterocycles. The predicted molar refractivity (Wildman–Crippen MR) is 54.7 cm³/mol. The molecule has 2 heteroatoms. The van der Waals surface area contributed by atoms with E-state index in [0.29, 0.717) is 0 Å². The Bertz CT molecular complexity index is 290. The molecule has 0 amide bonds. The van der Waals surface area contributed by atoms with Crippen molar-refractivity contribution in [1.29, 1.82) is 0 Å². The number of hydrogen-bond acceptors (Lipinski definition) is 1. The first-order valence-corrected chi connectivity index (χ1v) is 6.40. The molecule has 12 heavy (non-hydrogen) atoms. The van der Waals surface area contributed by atoms with Gasteiger partial charge in [0.15, 0.2) is 0 Å². The van der Waals surface area contributed by atoms with Crippen LogP contribution in [0.1, 0.15) is 13.8 Å². The maximum atomic E-state index is 12.1. The zero-order chi connectivity index (χ0) is 9.19. The largest absolute Gasteiger partial charge is 0.319 e. The van der Waals surface area contributed by atoms with E-state index < -0.39 is 7.14 Å². The summed E-state index contributed by atoms with van der Waals surface area (Å²) in [6.07, 6.45) is 0. The van der Waals surface area contributed by atoms with Crippen LogP contribution in [0.4, 0.5) is 0 Å². The monoisotopic (exact) mass is 182 g/mol. The molecule has 0 bridgehead atoms. The van der Waals surface area contributed by atoms with Gasteiger partial charge in [-0.3, -0.25) is 0 Å². The third kappa shape index (κ3) is 1.78. The van der Waals surface area contributed by atoms with Gasteiger partial charge in [0.25, 0.3) is 0 Å².